The van der Waals surface area contributed by atoms with Crippen molar-refractivity contribution in [1.82, 2.24) is 20.1 Å². The predicted molar refractivity (Wildman–Crippen MR) is 103 cm³/mol. The molecule has 1 unspecified atom stereocenters. The molecule has 0 aliphatic carbocycles. The number of carbonyl (C=O) groups excluding carboxylic acids is 1. The summed E-state index contributed by atoms with van der Waals surface area (Å²) in [6.07, 6.45) is 6.12. The first kappa shape index (κ1) is 17.8. The van der Waals surface area contributed by atoms with Crippen molar-refractivity contribution in [2.75, 3.05) is 18.4 Å². The number of aromatic nitrogens is 3. The van der Waals surface area contributed by atoms with Crippen LogP contribution in [-0.4, -0.2) is 33.8 Å². The van der Waals surface area contributed by atoms with E-state index in [2.05, 4.69) is 20.7 Å². The molecule has 1 aliphatic heterocycles. The topological polar surface area (TPSA) is 71.8 Å². The van der Waals surface area contributed by atoms with Gasteiger partial charge in [0.05, 0.1) is 6.04 Å². The van der Waals surface area contributed by atoms with Gasteiger partial charge in [-0.3, -0.25) is 14.8 Å². The second-order valence-corrected chi connectivity index (χ2v) is 7.65. The first-order valence-electron chi connectivity index (χ1n) is 8.94. The van der Waals surface area contributed by atoms with Crippen LogP contribution >= 0.6 is 11.3 Å². The monoisotopic (exact) mass is 385 g/mol. The van der Waals surface area contributed by atoms with E-state index >= 15 is 0 Å². The average Bonchev–Trinajstić information content (AvgIpc) is 3.34. The van der Waals surface area contributed by atoms with Gasteiger partial charge in [0.25, 0.3) is 5.91 Å². The van der Waals surface area contributed by atoms with Crippen molar-refractivity contribution in [2.24, 2.45) is 0 Å². The molecule has 2 N–H and O–H groups in total. The lowest BCUT2D eigenvalue weighted by Gasteiger charge is -2.22. The zero-order valence-corrected chi connectivity index (χ0v) is 15.5. The number of anilines is 1. The van der Waals surface area contributed by atoms with Crippen LogP contribution in [0.1, 0.15) is 39.8 Å². The standard InChI is InChI=1S/C19H20FN5OS/c20-16-6-2-1-4-13(16)10-15-12-22-19(27-15)23-18(26)17-7-9-25(24-17)14-5-3-8-21-11-14/h1-2,4,6-7,9,12,14,21H,3,5,8,10-11H2,(H,22,23,26). The van der Waals surface area contributed by atoms with E-state index in [0.29, 0.717) is 22.8 Å². The van der Waals surface area contributed by atoms with Crippen LogP contribution in [0.4, 0.5) is 9.52 Å². The van der Waals surface area contributed by atoms with Gasteiger partial charge in [-0.1, -0.05) is 18.2 Å². The summed E-state index contributed by atoms with van der Waals surface area (Å²) in [5.74, 6) is -0.525. The third kappa shape index (κ3) is 4.23. The van der Waals surface area contributed by atoms with Gasteiger partial charge in [-0.05, 0) is 37.1 Å². The average molecular weight is 385 g/mol. The highest BCUT2D eigenvalue weighted by atomic mass is 32.1. The van der Waals surface area contributed by atoms with Gasteiger partial charge in [-0.15, -0.1) is 11.3 Å². The molecule has 1 atom stereocenters. The van der Waals surface area contributed by atoms with E-state index in [1.807, 2.05) is 10.9 Å². The molecule has 140 valence electrons. The summed E-state index contributed by atoms with van der Waals surface area (Å²) >= 11 is 1.34. The Kier molecular flexibility index (Phi) is 5.26. The van der Waals surface area contributed by atoms with Gasteiger partial charge in [0, 0.05) is 30.2 Å². The van der Waals surface area contributed by atoms with E-state index in [1.54, 1.807) is 30.5 Å². The van der Waals surface area contributed by atoms with Gasteiger partial charge in [-0.2, -0.15) is 5.10 Å². The number of halogens is 1. The van der Waals surface area contributed by atoms with E-state index in [-0.39, 0.29) is 17.8 Å². The smallest absolute Gasteiger partial charge is 0.277 e. The highest BCUT2D eigenvalue weighted by molar-refractivity contribution is 7.15. The molecule has 6 nitrogen and oxygen atoms in total. The van der Waals surface area contributed by atoms with Crippen LogP contribution in [0.2, 0.25) is 0 Å². The van der Waals surface area contributed by atoms with Crippen LogP contribution < -0.4 is 10.6 Å². The van der Waals surface area contributed by atoms with Gasteiger partial charge in [0.1, 0.15) is 5.82 Å². The van der Waals surface area contributed by atoms with Crippen LogP contribution in [0.5, 0.6) is 0 Å². The summed E-state index contributed by atoms with van der Waals surface area (Å²) in [6, 6.07) is 8.67. The number of thiazole rings is 1. The number of hydrogen-bond acceptors (Lipinski definition) is 5. The third-order valence-corrected chi connectivity index (χ3v) is 5.50. The van der Waals surface area contributed by atoms with E-state index in [1.165, 1.54) is 17.4 Å². The summed E-state index contributed by atoms with van der Waals surface area (Å²) in [4.78, 5) is 17.5. The van der Waals surface area contributed by atoms with Crippen molar-refractivity contribution in [1.29, 1.82) is 0 Å². The normalized spacial score (nSPS) is 17.0. The minimum Gasteiger partial charge on any atom is -0.315 e. The zero-order chi connectivity index (χ0) is 18.6. The minimum atomic E-state index is -0.288. The number of amides is 1. The Bertz CT molecular complexity index is 932. The Morgan fingerprint density at radius 1 is 1.37 bits per heavy atom. The fourth-order valence-electron chi connectivity index (χ4n) is 3.16. The Morgan fingerprint density at radius 2 is 2.26 bits per heavy atom. The fourth-order valence-corrected chi connectivity index (χ4v) is 3.99. The quantitative estimate of drug-likeness (QED) is 0.707. The molecule has 1 saturated heterocycles. The number of rotatable bonds is 5. The summed E-state index contributed by atoms with van der Waals surface area (Å²) in [6.45, 7) is 1.90. The third-order valence-electron chi connectivity index (χ3n) is 4.58. The van der Waals surface area contributed by atoms with Crippen LogP contribution in [0.25, 0.3) is 0 Å². The van der Waals surface area contributed by atoms with Crippen molar-refractivity contribution >= 4 is 22.4 Å². The molecule has 0 radical (unpaired) electrons. The summed E-state index contributed by atoms with van der Waals surface area (Å²) in [5.41, 5.74) is 0.977. The maximum absolute atomic E-state index is 13.8. The maximum Gasteiger partial charge on any atom is 0.277 e. The summed E-state index contributed by atoms with van der Waals surface area (Å²) in [5, 5.41) is 11.0. The summed E-state index contributed by atoms with van der Waals surface area (Å²) in [7, 11) is 0. The van der Waals surface area contributed by atoms with Crippen molar-refractivity contribution in [2.45, 2.75) is 25.3 Å². The molecule has 0 bridgehead atoms. The number of carbonyl (C=O) groups is 1. The number of nitrogens with one attached hydrogen (secondary N) is 2. The lowest BCUT2D eigenvalue weighted by atomic mass is 10.1. The molecular weight excluding hydrogens is 365 g/mol. The van der Waals surface area contributed by atoms with Gasteiger partial charge in [0.2, 0.25) is 0 Å². The van der Waals surface area contributed by atoms with Crippen molar-refractivity contribution in [3.05, 3.63) is 64.7 Å². The molecule has 1 amide bonds. The van der Waals surface area contributed by atoms with Crippen molar-refractivity contribution in [3.63, 3.8) is 0 Å². The highest BCUT2D eigenvalue weighted by Crippen LogP contribution is 2.23. The van der Waals surface area contributed by atoms with Crippen LogP contribution in [-0.2, 0) is 6.42 Å². The molecule has 1 fully saturated rings. The molecule has 8 heteroatoms. The Morgan fingerprint density at radius 3 is 3.07 bits per heavy atom. The zero-order valence-electron chi connectivity index (χ0n) is 14.7. The van der Waals surface area contributed by atoms with Crippen LogP contribution in [0.15, 0.2) is 42.7 Å². The van der Waals surface area contributed by atoms with Crippen LogP contribution in [0.3, 0.4) is 0 Å². The first-order valence-corrected chi connectivity index (χ1v) is 9.76. The van der Waals surface area contributed by atoms with E-state index in [4.69, 9.17) is 0 Å². The molecule has 3 aromatic rings. The molecule has 0 spiro atoms. The highest BCUT2D eigenvalue weighted by Gasteiger charge is 2.18. The fraction of sp³-hybridized carbons (Fsp3) is 0.316. The molecule has 1 aliphatic rings. The molecule has 2 aromatic heterocycles. The molecule has 27 heavy (non-hydrogen) atoms. The predicted octanol–water partition coefficient (Wildman–Crippen LogP) is 3.25. The van der Waals surface area contributed by atoms with Crippen molar-refractivity contribution in [3.8, 4) is 0 Å². The summed E-state index contributed by atoms with van der Waals surface area (Å²) < 4.78 is 15.6. The van der Waals surface area contributed by atoms with Gasteiger partial charge >= 0.3 is 0 Å². The maximum atomic E-state index is 13.8. The molecule has 0 saturated carbocycles. The molecule has 4 rings (SSSR count). The Hall–Kier alpha value is -2.58. The van der Waals surface area contributed by atoms with Gasteiger partial charge in [0.15, 0.2) is 10.8 Å². The largest absolute Gasteiger partial charge is 0.315 e. The number of hydrogen-bond donors (Lipinski definition) is 2. The number of piperidine rings is 1. The van der Waals surface area contributed by atoms with Gasteiger partial charge < -0.3 is 5.32 Å². The van der Waals surface area contributed by atoms with Crippen molar-refractivity contribution < 1.29 is 9.18 Å². The lowest BCUT2D eigenvalue weighted by molar-refractivity contribution is 0.102. The molecule has 3 heterocycles. The molecule has 1 aromatic carbocycles. The van der Waals surface area contributed by atoms with E-state index in [0.717, 1.165) is 30.8 Å². The second-order valence-electron chi connectivity index (χ2n) is 6.54. The number of nitrogens with zero attached hydrogens (tertiary/aromatic N) is 3. The van der Waals surface area contributed by atoms with Crippen LogP contribution in [0, 0.1) is 5.82 Å². The van der Waals surface area contributed by atoms with E-state index in [9.17, 15) is 9.18 Å². The Labute approximate surface area is 160 Å². The van der Waals surface area contributed by atoms with Gasteiger partial charge in [-0.25, -0.2) is 9.37 Å². The SMILES string of the molecule is O=C(Nc1ncc(Cc2ccccc2F)s1)c1ccn(C2CCCNC2)n1. The second kappa shape index (κ2) is 7.98. The number of benzene rings is 1. The van der Waals surface area contributed by atoms with E-state index < -0.39 is 0 Å². The molecular formula is C19H20FN5OS. The minimum absolute atomic E-state index is 0.237. The lowest BCUT2D eigenvalue weighted by Crippen LogP contribution is -2.32. The Balaban J connectivity index is 1.39. The first-order chi connectivity index (χ1) is 13.2.